The highest BCUT2D eigenvalue weighted by Gasteiger charge is 2.57. The Kier molecular flexibility index (Phi) is 16.8. The fourth-order valence-electron chi connectivity index (χ4n) is 14.1. The van der Waals surface area contributed by atoms with Gasteiger partial charge in [-0.05, 0) is 83.9 Å². The molecule has 2 saturated heterocycles. The number of carboxylic acids is 1. The van der Waals surface area contributed by atoms with Gasteiger partial charge in [0.25, 0.3) is 11.7 Å². The zero-order chi connectivity index (χ0) is 62.3. The van der Waals surface area contributed by atoms with E-state index in [1.54, 1.807) is 49.3 Å². The summed E-state index contributed by atoms with van der Waals surface area (Å²) in [5.74, 6) is -11.4. The molecule has 1 aromatic heterocycles. The fourth-order valence-corrected chi connectivity index (χ4v) is 14.1. The number of aromatic carboxylic acids is 1. The molecule has 5 aliphatic heterocycles. The molecule has 5 bridgehead atoms. The normalized spacial score (nSPS) is 30.5. The number of ketones is 3. The Morgan fingerprint density at radius 2 is 1.55 bits per heavy atom. The number of carbonyl (C=O) groups excluding carboxylic acids is 5. The number of halogens is 1. The van der Waals surface area contributed by atoms with Gasteiger partial charge in [0.15, 0.2) is 11.6 Å². The molecular weight excluding hydrogens is 1110 g/mol. The number of ether oxygens (including phenoxy) is 5. The second-order valence-corrected chi connectivity index (χ2v) is 24.8. The molecule has 0 spiro atoms. The monoisotopic (exact) mass is 1190 g/mol. The molecule has 3 aliphatic carbocycles. The Morgan fingerprint density at radius 1 is 0.872 bits per heavy atom. The summed E-state index contributed by atoms with van der Waals surface area (Å²) in [5.41, 5.74) is -2.56. The summed E-state index contributed by atoms with van der Waals surface area (Å²) in [6.07, 6.45) is 9.61. The molecule has 8 aliphatic rings. The molecule has 86 heavy (non-hydrogen) atoms. The van der Waals surface area contributed by atoms with Crippen LogP contribution in [0.2, 0.25) is 0 Å². The molecule has 11 rings (SSSR count). The lowest BCUT2D eigenvalue weighted by molar-refractivity contribution is -0.160. The van der Waals surface area contributed by atoms with Crippen molar-refractivity contribution in [3.05, 3.63) is 104 Å². The van der Waals surface area contributed by atoms with E-state index in [9.17, 15) is 44.4 Å². The van der Waals surface area contributed by atoms with Crippen molar-refractivity contribution in [3.8, 4) is 17.2 Å². The van der Waals surface area contributed by atoms with Crippen molar-refractivity contribution in [3.63, 3.8) is 0 Å². The van der Waals surface area contributed by atoms with Crippen LogP contribution in [0, 0.1) is 42.3 Å². The van der Waals surface area contributed by atoms with Gasteiger partial charge in [0, 0.05) is 106 Å². The Hall–Kier alpha value is -7.40. The Morgan fingerprint density at radius 3 is 2.16 bits per heavy atom. The number of phenols is 1. The maximum atomic E-state index is 16.5. The highest BCUT2D eigenvalue weighted by molar-refractivity contribution is 6.32. The third-order valence-electron chi connectivity index (χ3n) is 19.6. The van der Waals surface area contributed by atoms with Gasteiger partial charge in [0.2, 0.25) is 17.0 Å². The zero-order valence-corrected chi connectivity index (χ0v) is 50.5. The minimum Gasteiger partial charge on any atom is -0.507 e. The Bertz CT molecular complexity index is 3520. The number of hydrogen-bond donors (Lipinski definition) is 5. The van der Waals surface area contributed by atoms with Gasteiger partial charge in [-0.2, -0.15) is 0 Å². The average molecular weight is 1190 g/mol. The number of allylic oxidation sites excluding steroid dienone is 4. The molecule has 6 heterocycles. The quantitative estimate of drug-likeness (QED) is 0.129. The van der Waals surface area contributed by atoms with Crippen LogP contribution in [0.15, 0.2) is 64.6 Å². The number of aliphatic hydroxyl groups is 2. The van der Waals surface area contributed by atoms with E-state index in [0.717, 1.165) is 38.2 Å². The van der Waals surface area contributed by atoms with Gasteiger partial charge in [-0.15, -0.1) is 0 Å². The lowest BCUT2D eigenvalue weighted by Crippen LogP contribution is -2.52. The first-order valence-corrected chi connectivity index (χ1v) is 29.7. The number of nitrogens with one attached hydrogen (secondary N) is 1. The predicted octanol–water partition coefficient (Wildman–Crippen LogP) is 6.91. The molecule has 462 valence electrons. The van der Waals surface area contributed by atoms with E-state index in [-0.39, 0.29) is 81.6 Å². The van der Waals surface area contributed by atoms with Crippen LogP contribution in [0.1, 0.15) is 146 Å². The van der Waals surface area contributed by atoms with Gasteiger partial charge in [0.1, 0.15) is 40.2 Å². The number of pyridine rings is 1. The van der Waals surface area contributed by atoms with Crippen molar-refractivity contribution >= 4 is 51.8 Å². The average Bonchev–Trinajstić information content (AvgIpc) is 1.37. The summed E-state index contributed by atoms with van der Waals surface area (Å²) in [5, 5.41) is 47.7. The number of phenolic OH excluding ortho intramolecular Hbond substituents is 1. The number of Topliss-reactive ketones (excluding diaryl/α,β-unsaturated/α-hetero) is 3. The second kappa shape index (κ2) is 23.4. The van der Waals surface area contributed by atoms with E-state index in [1.807, 2.05) is 4.90 Å². The number of anilines is 1. The van der Waals surface area contributed by atoms with Crippen LogP contribution in [-0.2, 0) is 23.8 Å². The number of fused-ring (bicyclic) bond motifs is 15. The van der Waals surface area contributed by atoms with E-state index in [0.29, 0.717) is 31.4 Å². The van der Waals surface area contributed by atoms with Gasteiger partial charge in [-0.25, -0.2) is 9.18 Å². The third kappa shape index (κ3) is 10.6. The number of piperidine rings is 1. The summed E-state index contributed by atoms with van der Waals surface area (Å²) >= 11 is 0. The summed E-state index contributed by atoms with van der Waals surface area (Å²) in [7, 11) is 4.92. The number of likely N-dealkylation sites (tertiary alicyclic amines) is 1. The number of aromatic nitrogens is 1. The zero-order valence-electron chi connectivity index (χ0n) is 50.5. The Labute approximate surface area is 498 Å². The number of amides is 1. The molecule has 2 aromatic carbocycles. The van der Waals surface area contributed by atoms with Gasteiger partial charge < -0.3 is 63.8 Å². The molecule has 0 radical (unpaired) electrons. The maximum Gasteiger partial charge on any atom is 0.341 e. The number of nitrogens with zero attached hydrogens (tertiary/aromatic N) is 4. The van der Waals surface area contributed by atoms with Crippen molar-refractivity contribution in [2.24, 2.45) is 29.6 Å². The number of methoxy groups -OCH3 is 2. The van der Waals surface area contributed by atoms with Crippen LogP contribution in [0.5, 0.6) is 17.2 Å². The first-order valence-electron chi connectivity index (χ1n) is 29.7. The first-order chi connectivity index (χ1) is 40.7. The van der Waals surface area contributed by atoms with Crippen LogP contribution in [0.3, 0.4) is 0 Å². The third-order valence-corrected chi connectivity index (χ3v) is 19.6. The standard InChI is InChI=1S/C64H78FN5O16/c1-30-13-12-14-31(2)61(79)66-47-50(56(77)44-45(55(47)76)53(74)35(6)58-46(44)60(78)63(8,86-58)84-26-20-43(82-10)32(3)57(85-36(7)71)34(5)52(73)33(4)51(30)72)68-24-18-38(19-25-68)67(9)64(21-22-64)37-17-23-69(28-37)49-42(65)27-40-48(59(49)83-11)70(39-15-16-39)29-41(54(40)75)62(80)81/h12-14,20,26-27,29-30,32-34,37-39,43,51-52,57,72-74H,15-19,21-25,28H2,1-11H3,(H,66,79)(H,80,81)/b13-12+,26-20+,31-14-/t30-,32+,33+,34+,37?,43-,51-,52+,57+,63-/m0/s1. The predicted molar refractivity (Wildman–Crippen MR) is 313 cm³/mol. The number of aliphatic hydroxyl groups excluding tert-OH is 2. The van der Waals surface area contributed by atoms with Crippen LogP contribution >= 0.6 is 0 Å². The molecular formula is C64H78FN5O16. The van der Waals surface area contributed by atoms with E-state index >= 15 is 14.0 Å². The van der Waals surface area contributed by atoms with Crippen molar-refractivity contribution in [1.29, 1.82) is 0 Å². The summed E-state index contributed by atoms with van der Waals surface area (Å²) in [6.45, 7) is 13.8. The SMILES string of the molecule is COc1c(N2CCC(C3(N(C)C4CCN(C5=C6NC(=O)/C(C)=C\C=C\[C@H](C)[C@H](O)[C@@H](C)[C@@H](O)[C@@H](C)[C@H](OC(C)=O)[C@H](C)[C@@H](OC)/C=C/O[C@@]7(C)Oc8c(C)c(O)c(c(c8C7=O)C5=O)C6=O)CC4)CC3)C2)c(F)cc2c(=O)c(C(=O)O)cn(C3CC3)c12. The molecule has 3 aromatic rings. The minimum absolute atomic E-state index is 0.0296. The second-order valence-electron chi connectivity index (χ2n) is 24.8. The number of carbonyl (C=O) groups is 6. The van der Waals surface area contributed by atoms with Crippen LogP contribution in [0.25, 0.3) is 10.9 Å². The Balaban J connectivity index is 0.953. The molecule has 1 unspecified atom stereocenters. The molecule has 22 heteroatoms. The van der Waals surface area contributed by atoms with Crippen molar-refractivity contribution in [1.82, 2.24) is 19.7 Å². The van der Waals surface area contributed by atoms with E-state index < -0.39 is 128 Å². The number of benzene rings is 2. The minimum atomic E-state index is -2.15. The molecule has 4 fully saturated rings. The summed E-state index contributed by atoms with van der Waals surface area (Å²) in [4.78, 5) is 104. The largest absolute Gasteiger partial charge is 0.507 e. The lowest BCUT2D eigenvalue weighted by Gasteiger charge is -2.44. The molecule has 5 N–H and O–H groups in total. The fraction of sp³-hybridized carbons (Fsp3) is 0.547. The first kappa shape index (κ1) is 61.7. The number of hydrogen-bond acceptors (Lipinski definition) is 18. The van der Waals surface area contributed by atoms with Crippen LogP contribution in [0.4, 0.5) is 10.1 Å². The number of esters is 1. The number of aromatic hydroxyl groups is 1. The topological polar surface area (TPSA) is 273 Å². The maximum absolute atomic E-state index is 16.5. The molecule has 10 atom stereocenters. The van der Waals surface area contributed by atoms with Crippen molar-refractivity contribution in [2.75, 3.05) is 52.3 Å². The van der Waals surface area contributed by atoms with Gasteiger partial charge in [0.05, 0.1) is 59.3 Å². The lowest BCUT2D eigenvalue weighted by atomic mass is 9.78. The van der Waals surface area contributed by atoms with Crippen LogP contribution < -0.4 is 25.1 Å². The van der Waals surface area contributed by atoms with Crippen molar-refractivity contribution < 1.29 is 77.3 Å². The molecule has 1 amide bonds. The van der Waals surface area contributed by atoms with Gasteiger partial charge >= 0.3 is 17.7 Å². The molecule has 2 saturated carbocycles. The summed E-state index contributed by atoms with van der Waals surface area (Å²) < 4.78 is 48.1. The highest BCUT2D eigenvalue weighted by Crippen LogP contribution is 2.55. The smallest absolute Gasteiger partial charge is 0.341 e. The van der Waals surface area contributed by atoms with Gasteiger partial charge in [-0.1, -0.05) is 45.9 Å². The van der Waals surface area contributed by atoms with E-state index in [4.69, 9.17) is 23.7 Å². The van der Waals surface area contributed by atoms with Gasteiger partial charge in [-0.3, -0.25) is 33.7 Å². The number of rotatable bonds is 10. The van der Waals surface area contributed by atoms with E-state index in [2.05, 4.69) is 17.3 Å². The summed E-state index contributed by atoms with van der Waals surface area (Å²) in [6, 6.07) is 1.05. The van der Waals surface area contributed by atoms with Crippen LogP contribution in [-0.4, -0.2) is 159 Å². The molecule has 21 nitrogen and oxygen atoms in total. The highest BCUT2D eigenvalue weighted by atomic mass is 19.1. The van der Waals surface area contributed by atoms with E-state index in [1.165, 1.54) is 66.5 Å². The van der Waals surface area contributed by atoms with Crippen molar-refractivity contribution in [2.45, 2.75) is 148 Å². The number of carboxylic acid groups (broad SMARTS) is 1.